The molecule has 3 saturated carbocycles. The summed E-state index contributed by atoms with van der Waals surface area (Å²) >= 11 is 0. The second kappa shape index (κ2) is 45.0. The molecule has 13 aliphatic heterocycles. The first kappa shape index (κ1) is 81.5. The minimum absolute atomic E-state index is 0.0109. The number of hydrogen-bond acceptors (Lipinski definition) is 26. The molecule has 0 bridgehead atoms. The van der Waals surface area contributed by atoms with Crippen molar-refractivity contribution in [3.05, 3.63) is 0 Å². The van der Waals surface area contributed by atoms with E-state index in [1.165, 1.54) is 38.5 Å². The highest BCUT2D eigenvalue weighted by Gasteiger charge is 2.47. The van der Waals surface area contributed by atoms with E-state index in [1.807, 2.05) is 0 Å². The second-order valence-corrected chi connectivity index (χ2v) is 31.7. The Morgan fingerprint density at radius 2 is 0.598 bits per heavy atom. The average Bonchev–Trinajstić information content (AvgIpc) is 1.68. The topological polar surface area (TPSA) is 291 Å². The monoisotopic (exact) mass is 1460 g/mol. The van der Waals surface area contributed by atoms with Crippen molar-refractivity contribution in [3.8, 4) is 0 Å². The summed E-state index contributed by atoms with van der Waals surface area (Å²) in [5.41, 5.74) is -0.0253. The van der Waals surface area contributed by atoms with Gasteiger partial charge in [-0.25, -0.2) is 0 Å². The molecule has 0 N–H and O–H groups in total. The smallest absolute Gasteiger partial charge is 0.306 e. The minimum Gasteiger partial charge on any atom is -0.462 e. The van der Waals surface area contributed by atoms with Crippen molar-refractivity contribution in [1.29, 1.82) is 0 Å². The van der Waals surface area contributed by atoms with Crippen molar-refractivity contribution in [1.82, 2.24) is 0 Å². The summed E-state index contributed by atoms with van der Waals surface area (Å²) in [7, 11) is 0. The zero-order chi connectivity index (χ0) is 70.3. The van der Waals surface area contributed by atoms with Crippen molar-refractivity contribution < 1.29 is 123 Å². The van der Waals surface area contributed by atoms with Gasteiger partial charge in [0, 0.05) is 63.3 Å². The highest BCUT2D eigenvalue weighted by atomic mass is 16.7. The summed E-state index contributed by atoms with van der Waals surface area (Å²) in [5.74, 6) is 1.98. The van der Waals surface area contributed by atoms with Gasteiger partial charge in [0.05, 0.1) is 203 Å². The molecule has 26 heteroatoms. The zero-order valence-corrected chi connectivity index (χ0v) is 62.1. The lowest BCUT2D eigenvalue weighted by atomic mass is 9.83. The van der Waals surface area contributed by atoms with Crippen LogP contribution in [0.1, 0.15) is 136 Å². The Labute approximate surface area is 607 Å². The van der Waals surface area contributed by atoms with Gasteiger partial charge < -0.3 is 118 Å². The number of carbonyl (C=O) groups excluding carboxylic acids is 1. The number of epoxide rings is 13. The minimum atomic E-state index is -0.0985. The molecule has 17 unspecified atom stereocenters. The van der Waals surface area contributed by atoms with E-state index in [2.05, 4.69) is 20.8 Å². The summed E-state index contributed by atoms with van der Waals surface area (Å²) in [6, 6.07) is 0. The zero-order valence-electron chi connectivity index (χ0n) is 62.1. The quantitative estimate of drug-likeness (QED) is 0.0340. The largest absolute Gasteiger partial charge is 0.462 e. The summed E-state index contributed by atoms with van der Waals surface area (Å²) in [4.78, 5) is 11.9. The van der Waals surface area contributed by atoms with Crippen molar-refractivity contribution in [2.45, 2.75) is 234 Å². The number of hydrogen-bond donors (Lipinski definition) is 0. The molecule has 0 spiro atoms. The maximum atomic E-state index is 11.9. The molecule has 26 nitrogen and oxygen atoms in total. The molecule has 16 fully saturated rings. The molecule has 0 amide bonds. The lowest BCUT2D eigenvalue weighted by Gasteiger charge is -2.32. The van der Waals surface area contributed by atoms with Gasteiger partial charge in [-0.15, -0.1) is 0 Å². The Hall–Kier alpha value is -1.49. The van der Waals surface area contributed by atoms with E-state index in [1.54, 1.807) is 0 Å². The number of ether oxygens (including phenoxy) is 25. The molecule has 17 atom stereocenters. The van der Waals surface area contributed by atoms with E-state index in [4.69, 9.17) is 118 Å². The fourth-order valence-electron chi connectivity index (χ4n) is 12.4. The maximum absolute atomic E-state index is 11.9. The molecule has 0 aromatic rings. The van der Waals surface area contributed by atoms with Crippen LogP contribution in [0.2, 0.25) is 0 Å². The molecular weight excluding hydrogens is 1330 g/mol. The third-order valence-corrected chi connectivity index (χ3v) is 20.4. The number of fused-ring (bicyclic) bond motifs is 2. The highest BCUT2D eigenvalue weighted by Crippen LogP contribution is 2.42. The van der Waals surface area contributed by atoms with Gasteiger partial charge in [0.15, 0.2) is 0 Å². The van der Waals surface area contributed by atoms with Gasteiger partial charge in [-0.2, -0.15) is 0 Å². The average molecular weight is 1460 g/mol. The molecular formula is C76H130O26. The van der Waals surface area contributed by atoms with Crippen LogP contribution >= 0.6 is 0 Å². The number of carbonyl (C=O) groups is 1. The molecule has 16 rings (SSSR count). The maximum Gasteiger partial charge on any atom is 0.306 e. The predicted octanol–water partition coefficient (Wildman–Crippen LogP) is 6.88. The normalized spacial score (nSPS) is 34.7. The standard InChI is InChI=1S/C15H26O6.C14H20O4.C14H24O4.C12H22O4.C11H20O4.C10H18O4/c1-2-15(9-16-3-12-6-19-12,10-17-4-13-7-20-13)11-18-5-14-8-21-14;15-14(6-8-1-3-10-12(5-8)17-10)16-9-2-4-11-13(7-9)18-11;1-2-12(6-16-8-14-10-18-14)4-3-11(1)5-15-7-13-9-17-13;1(3-5-13-7-11-9-15-11)2-4-6-14-8-12-10-16-12;1-11(2,7-12-3-9-5-14-9)8-13-4-10-6-15-10;1(3-11-5-9-7-13-9)2-4-12-6-10-8-14-10/h12-14H,2-11H2,1H3;8-13H,1-7H2;11-14H,1-10H2;11-12H,1-10H2;9-10H,3-8H2,1-2H3;9-10H,1-8H2. The molecule has 3 aliphatic carbocycles. The van der Waals surface area contributed by atoms with Gasteiger partial charge in [-0.3, -0.25) is 4.79 Å². The molecule has 590 valence electrons. The van der Waals surface area contributed by atoms with Gasteiger partial charge >= 0.3 is 5.97 Å². The van der Waals surface area contributed by atoms with Crippen LogP contribution in [-0.4, -0.2) is 322 Å². The van der Waals surface area contributed by atoms with E-state index in [0.29, 0.717) is 144 Å². The van der Waals surface area contributed by atoms with Crippen LogP contribution in [0.15, 0.2) is 0 Å². The molecule has 13 heterocycles. The Morgan fingerprint density at radius 1 is 0.314 bits per heavy atom. The third-order valence-electron chi connectivity index (χ3n) is 20.4. The van der Waals surface area contributed by atoms with Crippen molar-refractivity contribution >= 4 is 5.97 Å². The molecule has 0 aromatic heterocycles. The summed E-state index contributed by atoms with van der Waals surface area (Å²) in [5, 5.41) is 0. The van der Waals surface area contributed by atoms with E-state index < -0.39 is 0 Å². The van der Waals surface area contributed by atoms with Crippen LogP contribution in [-0.2, 0) is 123 Å². The van der Waals surface area contributed by atoms with Crippen LogP contribution in [0.25, 0.3) is 0 Å². The first-order valence-corrected chi connectivity index (χ1v) is 39.7. The number of unbranched alkanes of at least 4 members (excludes halogenated alkanes) is 4. The Balaban J connectivity index is 0.000000124. The third kappa shape index (κ3) is 39.7. The van der Waals surface area contributed by atoms with Gasteiger partial charge in [0.25, 0.3) is 0 Å². The first-order valence-electron chi connectivity index (χ1n) is 39.7. The van der Waals surface area contributed by atoms with Gasteiger partial charge in [0.1, 0.15) is 73.2 Å². The van der Waals surface area contributed by atoms with E-state index in [-0.39, 0.29) is 22.9 Å². The molecule has 0 radical (unpaired) electrons. The van der Waals surface area contributed by atoms with Crippen LogP contribution < -0.4 is 0 Å². The fourth-order valence-corrected chi connectivity index (χ4v) is 12.4. The van der Waals surface area contributed by atoms with Gasteiger partial charge in [-0.1, -0.05) is 33.6 Å². The van der Waals surface area contributed by atoms with E-state index in [0.717, 1.165) is 261 Å². The second-order valence-electron chi connectivity index (χ2n) is 31.7. The summed E-state index contributed by atoms with van der Waals surface area (Å²) in [6.07, 6.45) is 25.7. The van der Waals surface area contributed by atoms with Crippen LogP contribution in [0.3, 0.4) is 0 Å². The summed E-state index contributed by atoms with van der Waals surface area (Å²) < 4.78 is 134. The Bertz CT molecular complexity index is 2050. The van der Waals surface area contributed by atoms with Gasteiger partial charge in [-0.05, 0) is 108 Å². The van der Waals surface area contributed by atoms with Crippen LogP contribution in [0.4, 0.5) is 0 Å². The first-order chi connectivity index (χ1) is 50.0. The Morgan fingerprint density at radius 3 is 0.912 bits per heavy atom. The van der Waals surface area contributed by atoms with E-state index >= 15 is 0 Å². The van der Waals surface area contributed by atoms with Crippen molar-refractivity contribution in [2.24, 2.45) is 28.6 Å². The predicted molar refractivity (Wildman–Crippen MR) is 369 cm³/mol. The van der Waals surface area contributed by atoms with Crippen molar-refractivity contribution in [3.63, 3.8) is 0 Å². The van der Waals surface area contributed by atoms with Crippen LogP contribution in [0.5, 0.6) is 0 Å². The lowest BCUT2D eigenvalue weighted by molar-refractivity contribution is -0.151. The number of esters is 1. The van der Waals surface area contributed by atoms with E-state index in [9.17, 15) is 4.79 Å². The van der Waals surface area contributed by atoms with Crippen LogP contribution in [0, 0.1) is 28.6 Å². The lowest BCUT2D eigenvalue weighted by Crippen LogP contribution is -2.38. The molecule has 13 saturated heterocycles. The highest BCUT2D eigenvalue weighted by molar-refractivity contribution is 5.70. The number of rotatable bonds is 52. The molecule has 0 aromatic carbocycles. The Kier molecular flexibility index (Phi) is 35.9. The van der Waals surface area contributed by atoms with Gasteiger partial charge in [0.2, 0.25) is 0 Å². The fraction of sp³-hybridized carbons (Fsp3) is 0.987. The molecule has 102 heavy (non-hydrogen) atoms. The molecule has 16 aliphatic rings. The SMILES string of the molecule is C(CCCOCC1CO1)CCOCC1CO1.C(CCOCC1CO1)COCC1CO1.C1CC(COCC2CO2)CCC1COCC1CO1.CC(C)(COCC1CO1)COCC1CO1.CCC(COCC1CO1)(COCC1CO1)COCC1CO1.O=C(CC1CCC2OC2C1)OC1CCC2OC2C1. The summed E-state index contributed by atoms with van der Waals surface area (Å²) in [6.45, 7) is 32.7. The van der Waals surface area contributed by atoms with Crippen molar-refractivity contribution in [2.75, 3.05) is 218 Å².